The van der Waals surface area contributed by atoms with Gasteiger partial charge in [-0.2, -0.15) is 13.2 Å². The van der Waals surface area contributed by atoms with Gasteiger partial charge in [0.1, 0.15) is 17.2 Å². The molecule has 0 aliphatic carbocycles. The van der Waals surface area contributed by atoms with Crippen LogP contribution in [-0.4, -0.2) is 28.7 Å². The Hall–Kier alpha value is -2.49. The predicted molar refractivity (Wildman–Crippen MR) is 86.6 cm³/mol. The van der Waals surface area contributed by atoms with Crippen molar-refractivity contribution in [3.8, 4) is 11.4 Å². The summed E-state index contributed by atoms with van der Waals surface area (Å²) in [6.45, 7) is 1.41. The fourth-order valence-corrected chi connectivity index (χ4v) is 3.66. The lowest BCUT2D eigenvalue weighted by molar-refractivity contribution is -0.137. The van der Waals surface area contributed by atoms with Crippen molar-refractivity contribution in [1.29, 1.82) is 0 Å². The van der Waals surface area contributed by atoms with Crippen molar-refractivity contribution in [2.24, 2.45) is 7.05 Å². The third-order valence-corrected chi connectivity index (χ3v) is 5.70. The minimum atomic E-state index is -4.58. The van der Waals surface area contributed by atoms with Crippen molar-refractivity contribution in [3.05, 3.63) is 41.8 Å². The van der Waals surface area contributed by atoms with E-state index in [0.29, 0.717) is 6.20 Å². The second-order valence-corrected chi connectivity index (χ2v) is 7.85. The zero-order valence-electron chi connectivity index (χ0n) is 13.7. The minimum Gasteiger partial charge on any atom is -0.312 e. The highest BCUT2D eigenvalue weighted by Gasteiger charge is 2.32. The standard InChI is InChI=1S/C16H13F4N3O2S/c1-3-26(24,25)13-7-10(17)4-5-11(13)14-22-12-6-9(16(18,19)20)8-21-15(12)23(14)2/h4-8H,3H2,1-2H3. The Morgan fingerprint density at radius 1 is 1.19 bits per heavy atom. The fraction of sp³-hybridized carbons (Fsp3) is 0.250. The number of alkyl halides is 3. The highest BCUT2D eigenvalue weighted by molar-refractivity contribution is 7.91. The highest BCUT2D eigenvalue weighted by atomic mass is 32.2. The van der Waals surface area contributed by atoms with Gasteiger partial charge in [0.2, 0.25) is 0 Å². The number of benzene rings is 1. The van der Waals surface area contributed by atoms with Gasteiger partial charge in [-0.1, -0.05) is 6.92 Å². The maximum Gasteiger partial charge on any atom is 0.417 e. The number of sulfone groups is 1. The summed E-state index contributed by atoms with van der Waals surface area (Å²) < 4.78 is 78.1. The minimum absolute atomic E-state index is 0.0403. The van der Waals surface area contributed by atoms with E-state index in [4.69, 9.17) is 0 Å². The van der Waals surface area contributed by atoms with Crippen molar-refractivity contribution >= 4 is 21.0 Å². The first kappa shape index (κ1) is 18.3. The summed E-state index contributed by atoms with van der Waals surface area (Å²) in [5.41, 5.74) is -0.754. The summed E-state index contributed by atoms with van der Waals surface area (Å²) in [5, 5.41) is 0. The lowest BCUT2D eigenvalue weighted by Crippen LogP contribution is -2.08. The number of rotatable bonds is 3. The summed E-state index contributed by atoms with van der Waals surface area (Å²) in [6.07, 6.45) is -3.90. The molecule has 26 heavy (non-hydrogen) atoms. The Balaban J connectivity index is 2.29. The Morgan fingerprint density at radius 3 is 2.50 bits per heavy atom. The molecule has 10 heteroatoms. The molecule has 0 spiro atoms. The van der Waals surface area contributed by atoms with Gasteiger partial charge >= 0.3 is 6.18 Å². The third-order valence-electron chi connectivity index (χ3n) is 3.94. The molecule has 2 heterocycles. The van der Waals surface area contributed by atoms with Crippen LogP contribution in [0.3, 0.4) is 0 Å². The van der Waals surface area contributed by atoms with Gasteiger partial charge in [-0.25, -0.2) is 22.8 Å². The van der Waals surface area contributed by atoms with Gasteiger partial charge in [-0.3, -0.25) is 0 Å². The van der Waals surface area contributed by atoms with Crippen LogP contribution in [0.2, 0.25) is 0 Å². The molecule has 0 aliphatic rings. The second kappa shape index (κ2) is 6.04. The van der Waals surface area contributed by atoms with Gasteiger partial charge in [0.05, 0.1) is 16.2 Å². The van der Waals surface area contributed by atoms with Gasteiger partial charge in [-0.05, 0) is 24.3 Å². The summed E-state index contributed by atoms with van der Waals surface area (Å²) in [4.78, 5) is 7.62. The molecule has 3 aromatic rings. The number of pyridine rings is 1. The molecule has 1 aromatic carbocycles. The van der Waals surface area contributed by atoms with Crippen molar-refractivity contribution < 1.29 is 26.0 Å². The van der Waals surface area contributed by atoms with Crippen molar-refractivity contribution in [2.45, 2.75) is 18.0 Å². The van der Waals surface area contributed by atoms with Crippen LogP contribution < -0.4 is 0 Å². The van der Waals surface area contributed by atoms with Crippen molar-refractivity contribution in [3.63, 3.8) is 0 Å². The van der Waals surface area contributed by atoms with Crippen LogP contribution in [-0.2, 0) is 23.1 Å². The third kappa shape index (κ3) is 3.05. The molecule has 5 nitrogen and oxygen atoms in total. The van der Waals surface area contributed by atoms with Gasteiger partial charge in [0.25, 0.3) is 0 Å². The molecule has 0 saturated carbocycles. The number of hydrogen-bond acceptors (Lipinski definition) is 4. The maximum atomic E-state index is 13.6. The van der Waals surface area contributed by atoms with E-state index >= 15 is 0 Å². The quantitative estimate of drug-likeness (QED) is 0.645. The molecule has 0 saturated heterocycles. The van der Waals surface area contributed by atoms with Crippen LogP contribution in [0.5, 0.6) is 0 Å². The Bertz CT molecular complexity index is 1100. The second-order valence-electron chi connectivity index (χ2n) is 5.60. The average Bonchev–Trinajstić information content (AvgIpc) is 2.90. The van der Waals surface area contributed by atoms with Gasteiger partial charge < -0.3 is 4.57 Å². The zero-order chi connectivity index (χ0) is 19.3. The van der Waals surface area contributed by atoms with E-state index in [9.17, 15) is 26.0 Å². The average molecular weight is 387 g/mol. The number of fused-ring (bicyclic) bond motifs is 1. The Morgan fingerprint density at radius 2 is 1.88 bits per heavy atom. The monoisotopic (exact) mass is 387 g/mol. The van der Waals surface area contributed by atoms with E-state index < -0.39 is 27.4 Å². The normalized spacial score (nSPS) is 12.7. The number of aryl methyl sites for hydroxylation is 1. The van der Waals surface area contributed by atoms with Crippen LogP contribution >= 0.6 is 0 Å². The SMILES string of the molecule is CCS(=O)(=O)c1cc(F)ccc1-c1nc2cc(C(F)(F)F)cnc2n1C. The van der Waals surface area contributed by atoms with E-state index in [-0.39, 0.29) is 33.2 Å². The van der Waals surface area contributed by atoms with Crippen LogP contribution in [0.1, 0.15) is 12.5 Å². The fourth-order valence-electron chi connectivity index (χ4n) is 2.57. The van der Waals surface area contributed by atoms with E-state index in [1.54, 1.807) is 0 Å². The Labute approximate surface area is 146 Å². The van der Waals surface area contributed by atoms with E-state index in [0.717, 1.165) is 18.2 Å². The van der Waals surface area contributed by atoms with Gasteiger partial charge in [0, 0.05) is 18.8 Å². The number of halogens is 4. The van der Waals surface area contributed by atoms with E-state index in [1.807, 2.05) is 0 Å². The molecule has 2 aromatic heterocycles. The maximum absolute atomic E-state index is 13.6. The van der Waals surface area contributed by atoms with Crippen molar-refractivity contribution in [1.82, 2.24) is 14.5 Å². The molecular weight excluding hydrogens is 374 g/mol. The molecule has 0 fully saturated rings. The highest BCUT2D eigenvalue weighted by Crippen LogP contribution is 2.33. The molecule has 0 atom stereocenters. The summed E-state index contributed by atoms with van der Waals surface area (Å²) in [6, 6.07) is 4.02. The molecule has 0 aliphatic heterocycles. The number of imidazole rings is 1. The van der Waals surface area contributed by atoms with Crippen molar-refractivity contribution in [2.75, 3.05) is 5.75 Å². The van der Waals surface area contributed by atoms with Gasteiger partial charge in [0.15, 0.2) is 15.5 Å². The van der Waals surface area contributed by atoms with Crippen LogP contribution in [0.4, 0.5) is 17.6 Å². The molecule has 0 radical (unpaired) electrons. The molecule has 0 amide bonds. The molecule has 0 N–H and O–H groups in total. The van der Waals surface area contributed by atoms with Crippen LogP contribution in [0.15, 0.2) is 35.4 Å². The van der Waals surface area contributed by atoms with E-state index in [2.05, 4.69) is 9.97 Å². The smallest absolute Gasteiger partial charge is 0.312 e. The van der Waals surface area contributed by atoms with Crippen LogP contribution in [0, 0.1) is 5.82 Å². The molecular formula is C16H13F4N3O2S. The number of nitrogens with zero attached hydrogens (tertiary/aromatic N) is 3. The molecule has 0 bridgehead atoms. The number of hydrogen-bond donors (Lipinski definition) is 0. The first-order chi connectivity index (χ1) is 12.0. The number of aromatic nitrogens is 3. The predicted octanol–water partition coefficient (Wildman–Crippen LogP) is 3.59. The molecule has 3 rings (SSSR count). The van der Waals surface area contributed by atoms with Crippen LogP contribution in [0.25, 0.3) is 22.6 Å². The molecule has 0 unspecified atom stereocenters. The largest absolute Gasteiger partial charge is 0.417 e. The topological polar surface area (TPSA) is 64.8 Å². The Kier molecular flexibility index (Phi) is 4.26. The van der Waals surface area contributed by atoms with E-state index in [1.165, 1.54) is 24.6 Å². The first-order valence-electron chi connectivity index (χ1n) is 7.47. The summed E-state index contributed by atoms with van der Waals surface area (Å²) in [7, 11) is -2.28. The van der Waals surface area contributed by atoms with Gasteiger partial charge in [-0.15, -0.1) is 0 Å². The lowest BCUT2D eigenvalue weighted by atomic mass is 10.2. The first-order valence-corrected chi connectivity index (χ1v) is 9.12. The lowest BCUT2D eigenvalue weighted by Gasteiger charge is -2.09. The summed E-state index contributed by atoms with van der Waals surface area (Å²) in [5.74, 6) is -0.917. The molecule has 138 valence electrons. The summed E-state index contributed by atoms with van der Waals surface area (Å²) >= 11 is 0. The zero-order valence-corrected chi connectivity index (χ0v) is 14.5.